The summed E-state index contributed by atoms with van der Waals surface area (Å²) in [6.07, 6.45) is 0.705. The molecule has 1 N–H and O–H groups in total. The van der Waals surface area contributed by atoms with Gasteiger partial charge in [0, 0.05) is 19.2 Å². The highest BCUT2D eigenvalue weighted by atomic mass is 16.5. The third-order valence-corrected chi connectivity index (χ3v) is 3.45. The van der Waals surface area contributed by atoms with Gasteiger partial charge in [-0.05, 0) is 40.8 Å². The van der Waals surface area contributed by atoms with E-state index in [-0.39, 0.29) is 12.0 Å². The molecule has 0 heterocycles. The van der Waals surface area contributed by atoms with E-state index < -0.39 is 5.54 Å². The third-order valence-electron chi connectivity index (χ3n) is 3.45. The smallest absolute Gasteiger partial charge is 0.325 e. The van der Waals surface area contributed by atoms with Crippen LogP contribution in [0, 0.1) is 0 Å². The van der Waals surface area contributed by atoms with Crippen molar-refractivity contribution >= 4 is 5.97 Å². The van der Waals surface area contributed by atoms with E-state index in [1.807, 2.05) is 27.8 Å². The van der Waals surface area contributed by atoms with E-state index in [4.69, 9.17) is 9.47 Å². The molecule has 5 heteroatoms. The highest BCUT2D eigenvalue weighted by molar-refractivity contribution is 5.80. The van der Waals surface area contributed by atoms with E-state index in [1.54, 1.807) is 0 Å². The molecule has 114 valence electrons. The second-order valence-corrected chi connectivity index (χ2v) is 5.08. The van der Waals surface area contributed by atoms with Gasteiger partial charge in [0.1, 0.15) is 5.54 Å². The lowest BCUT2D eigenvalue weighted by Crippen LogP contribution is -2.53. The highest BCUT2D eigenvalue weighted by Crippen LogP contribution is 2.17. The molecule has 0 radical (unpaired) electrons. The number of nitrogens with zero attached hydrogens (tertiary/aromatic N) is 1. The zero-order valence-electron chi connectivity index (χ0n) is 13.3. The van der Waals surface area contributed by atoms with Crippen molar-refractivity contribution in [2.75, 3.05) is 40.5 Å². The quantitative estimate of drug-likeness (QED) is 0.480. The predicted molar refractivity (Wildman–Crippen MR) is 77.3 cm³/mol. The van der Waals surface area contributed by atoms with Gasteiger partial charge in [-0.3, -0.25) is 4.79 Å². The number of hydrogen-bond donors (Lipinski definition) is 1. The molecule has 0 bridgehead atoms. The fourth-order valence-corrected chi connectivity index (χ4v) is 2.16. The normalized spacial score (nSPS) is 16.2. The average Bonchev–Trinajstić information content (AvgIpc) is 2.37. The minimum Gasteiger partial charge on any atom is -0.468 e. The molecule has 0 aromatic carbocycles. The zero-order valence-corrected chi connectivity index (χ0v) is 13.3. The van der Waals surface area contributed by atoms with Gasteiger partial charge in [0.25, 0.3) is 0 Å². The molecule has 0 amide bonds. The molecule has 0 saturated heterocycles. The van der Waals surface area contributed by atoms with Gasteiger partial charge in [-0.15, -0.1) is 0 Å². The molecular weight excluding hydrogens is 244 g/mol. The molecule has 0 fully saturated rings. The Labute approximate surface area is 117 Å². The van der Waals surface area contributed by atoms with Gasteiger partial charge in [0.15, 0.2) is 0 Å². The Morgan fingerprint density at radius 1 is 1.42 bits per heavy atom. The maximum absolute atomic E-state index is 11.9. The minimum absolute atomic E-state index is 0.209. The summed E-state index contributed by atoms with van der Waals surface area (Å²) in [5.41, 5.74) is -0.636. The highest BCUT2D eigenvalue weighted by Gasteiger charge is 2.35. The van der Waals surface area contributed by atoms with Crippen LogP contribution in [-0.2, 0) is 14.3 Å². The number of likely N-dealkylation sites (N-methyl/N-ethyl adjacent to an activating group) is 2. The second kappa shape index (κ2) is 9.28. The van der Waals surface area contributed by atoms with Crippen LogP contribution in [0.1, 0.15) is 34.1 Å². The predicted octanol–water partition coefficient (Wildman–Crippen LogP) is 1.27. The number of nitrogens with one attached hydrogen (secondary N) is 1. The number of carbonyl (C=O) groups excluding carboxylic acids is 1. The van der Waals surface area contributed by atoms with Crippen LogP contribution in [0.2, 0.25) is 0 Å². The first-order valence-corrected chi connectivity index (χ1v) is 7.02. The SMILES string of the molecule is CCNC(C)(CC(C)N(C)CCOCC)C(=O)OC. The van der Waals surface area contributed by atoms with Gasteiger partial charge in [-0.25, -0.2) is 0 Å². The molecule has 19 heavy (non-hydrogen) atoms. The van der Waals surface area contributed by atoms with Crippen LogP contribution in [-0.4, -0.2) is 62.9 Å². The maximum atomic E-state index is 11.9. The fraction of sp³-hybridized carbons (Fsp3) is 0.929. The van der Waals surface area contributed by atoms with Crippen LogP contribution in [0.3, 0.4) is 0 Å². The van der Waals surface area contributed by atoms with Crippen molar-refractivity contribution < 1.29 is 14.3 Å². The van der Waals surface area contributed by atoms with E-state index in [9.17, 15) is 4.79 Å². The average molecular weight is 274 g/mol. The van der Waals surface area contributed by atoms with E-state index in [1.165, 1.54) is 7.11 Å². The summed E-state index contributed by atoms with van der Waals surface area (Å²) < 4.78 is 10.3. The van der Waals surface area contributed by atoms with Crippen LogP contribution >= 0.6 is 0 Å². The summed E-state index contributed by atoms with van der Waals surface area (Å²) in [5, 5.41) is 3.23. The van der Waals surface area contributed by atoms with Crippen molar-refractivity contribution in [1.29, 1.82) is 0 Å². The molecule has 0 rings (SSSR count). The summed E-state index contributed by atoms with van der Waals surface area (Å²) in [7, 11) is 3.48. The topological polar surface area (TPSA) is 50.8 Å². The second-order valence-electron chi connectivity index (χ2n) is 5.08. The van der Waals surface area contributed by atoms with E-state index in [0.717, 1.165) is 19.7 Å². The summed E-state index contributed by atoms with van der Waals surface area (Å²) in [5.74, 6) is -0.209. The molecule has 5 nitrogen and oxygen atoms in total. The molecule has 0 aliphatic rings. The summed E-state index contributed by atoms with van der Waals surface area (Å²) >= 11 is 0. The molecule has 0 spiro atoms. The first-order chi connectivity index (χ1) is 8.91. The monoisotopic (exact) mass is 274 g/mol. The van der Waals surface area contributed by atoms with Gasteiger partial charge in [0.05, 0.1) is 13.7 Å². The Bertz CT molecular complexity index is 261. The lowest BCUT2D eigenvalue weighted by molar-refractivity contribution is -0.148. The minimum atomic E-state index is -0.636. The number of carbonyl (C=O) groups is 1. The number of hydrogen-bond acceptors (Lipinski definition) is 5. The molecule has 0 saturated carbocycles. The van der Waals surface area contributed by atoms with E-state index in [0.29, 0.717) is 13.0 Å². The Morgan fingerprint density at radius 2 is 2.05 bits per heavy atom. The van der Waals surface area contributed by atoms with Crippen molar-refractivity contribution in [1.82, 2.24) is 10.2 Å². The standard InChI is InChI=1S/C14H30N2O3/c1-7-15-14(4,13(17)18-6)11-12(3)16(5)9-10-19-8-2/h12,15H,7-11H2,1-6H3. The van der Waals surface area contributed by atoms with Gasteiger partial charge < -0.3 is 19.7 Å². The van der Waals surface area contributed by atoms with Gasteiger partial charge in [0.2, 0.25) is 0 Å². The number of esters is 1. The molecule has 0 aliphatic heterocycles. The van der Waals surface area contributed by atoms with Crippen molar-refractivity contribution in [3.8, 4) is 0 Å². The van der Waals surface area contributed by atoms with Crippen molar-refractivity contribution in [3.63, 3.8) is 0 Å². The molecule has 0 aliphatic carbocycles. The number of methoxy groups -OCH3 is 1. The van der Waals surface area contributed by atoms with Crippen LogP contribution in [0.15, 0.2) is 0 Å². The van der Waals surface area contributed by atoms with Gasteiger partial charge in [-0.2, -0.15) is 0 Å². The van der Waals surface area contributed by atoms with Crippen LogP contribution in [0.4, 0.5) is 0 Å². The number of rotatable bonds is 10. The van der Waals surface area contributed by atoms with Gasteiger partial charge in [-0.1, -0.05) is 6.92 Å². The lowest BCUT2D eigenvalue weighted by Gasteiger charge is -2.34. The third kappa shape index (κ3) is 6.36. The Balaban J connectivity index is 4.45. The zero-order chi connectivity index (χ0) is 14.9. The van der Waals surface area contributed by atoms with E-state index in [2.05, 4.69) is 17.1 Å². The summed E-state index contributed by atoms with van der Waals surface area (Å²) in [6.45, 7) is 11.0. The van der Waals surface area contributed by atoms with Crippen molar-refractivity contribution in [3.05, 3.63) is 0 Å². The molecule has 0 aromatic heterocycles. The maximum Gasteiger partial charge on any atom is 0.325 e. The Kier molecular flexibility index (Phi) is 8.97. The van der Waals surface area contributed by atoms with Crippen molar-refractivity contribution in [2.45, 2.75) is 45.7 Å². The molecule has 0 aromatic rings. The Hall–Kier alpha value is -0.650. The lowest BCUT2D eigenvalue weighted by atomic mass is 9.93. The van der Waals surface area contributed by atoms with Gasteiger partial charge >= 0.3 is 5.97 Å². The first-order valence-electron chi connectivity index (χ1n) is 7.02. The van der Waals surface area contributed by atoms with Crippen LogP contribution in [0.25, 0.3) is 0 Å². The van der Waals surface area contributed by atoms with Crippen LogP contribution < -0.4 is 5.32 Å². The van der Waals surface area contributed by atoms with E-state index >= 15 is 0 Å². The largest absolute Gasteiger partial charge is 0.468 e. The summed E-state index contributed by atoms with van der Waals surface area (Å²) in [4.78, 5) is 14.1. The van der Waals surface area contributed by atoms with Crippen molar-refractivity contribution in [2.24, 2.45) is 0 Å². The molecule has 2 unspecified atom stereocenters. The fourth-order valence-electron chi connectivity index (χ4n) is 2.16. The summed E-state index contributed by atoms with van der Waals surface area (Å²) in [6, 6.07) is 0.267. The number of ether oxygens (including phenoxy) is 2. The molecular formula is C14H30N2O3. The Morgan fingerprint density at radius 3 is 2.53 bits per heavy atom. The molecule has 2 atom stereocenters. The van der Waals surface area contributed by atoms with Crippen LogP contribution in [0.5, 0.6) is 0 Å². The first kappa shape index (κ1) is 18.4.